The van der Waals surface area contributed by atoms with Crippen LogP contribution in [0.5, 0.6) is 0 Å². The zero-order valence-electron chi connectivity index (χ0n) is 31.0. The van der Waals surface area contributed by atoms with Gasteiger partial charge in [0.15, 0.2) is 5.82 Å². The van der Waals surface area contributed by atoms with Crippen LogP contribution in [0, 0.1) is 6.92 Å². The van der Waals surface area contributed by atoms with Crippen LogP contribution >= 0.6 is 0 Å². The molecule has 0 radical (unpaired) electrons. The van der Waals surface area contributed by atoms with E-state index in [0.29, 0.717) is 5.82 Å². The van der Waals surface area contributed by atoms with Gasteiger partial charge >= 0.3 is 0 Å². The van der Waals surface area contributed by atoms with Crippen LogP contribution < -0.4 is 0 Å². The molecule has 1 atom stereocenters. The van der Waals surface area contributed by atoms with Gasteiger partial charge in [0, 0.05) is 34.6 Å². The van der Waals surface area contributed by atoms with E-state index in [0.717, 1.165) is 33.6 Å². The van der Waals surface area contributed by atoms with Gasteiger partial charge in [0.1, 0.15) is 0 Å². The molecule has 10 rings (SSSR count). The van der Waals surface area contributed by atoms with E-state index in [-0.39, 0.29) is 0 Å². The fourth-order valence-corrected chi connectivity index (χ4v) is 8.52. The van der Waals surface area contributed by atoms with Crippen molar-refractivity contribution in [2.75, 3.05) is 0 Å². The average Bonchev–Trinajstić information content (AvgIpc) is 3.58. The fraction of sp³-hybridized carbons (Fsp3) is 0.0377. The van der Waals surface area contributed by atoms with Crippen LogP contribution in [0.3, 0.4) is 0 Å². The second-order valence-electron chi connectivity index (χ2n) is 14.5. The number of benzene rings is 7. The van der Waals surface area contributed by atoms with Gasteiger partial charge in [-0.15, -0.1) is 0 Å². The van der Waals surface area contributed by atoms with Gasteiger partial charge in [0.2, 0.25) is 0 Å². The van der Waals surface area contributed by atoms with Crippen molar-refractivity contribution in [1.82, 2.24) is 15.0 Å². The van der Waals surface area contributed by atoms with Gasteiger partial charge in [-0.25, -0.2) is 9.97 Å². The summed E-state index contributed by atoms with van der Waals surface area (Å²) in [7, 11) is 0. The minimum Gasteiger partial charge on any atom is -0.264 e. The molecule has 0 saturated carbocycles. The van der Waals surface area contributed by atoms with Crippen molar-refractivity contribution in [2.45, 2.75) is 12.3 Å². The Morgan fingerprint density at radius 3 is 1.71 bits per heavy atom. The first kappa shape index (κ1) is 33.3. The molecular weight excluding hydrogens is 679 g/mol. The van der Waals surface area contributed by atoms with Crippen LogP contribution in [0.4, 0.5) is 0 Å². The van der Waals surface area contributed by atoms with Crippen LogP contribution in [0.25, 0.3) is 67.3 Å². The molecule has 1 unspecified atom stereocenters. The van der Waals surface area contributed by atoms with Crippen LogP contribution in [0.1, 0.15) is 27.8 Å². The average molecular weight is 716 g/mol. The summed E-state index contributed by atoms with van der Waals surface area (Å²) in [6.07, 6.45) is 3.80. The van der Waals surface area contributed by atoms with E-state index in [1.807, 2.05) is 36.7 Å². The monoisotopic (exact) mass is 715 g/mol. The molecule has 0 aliphatic heterocycles. The van der Waals surface area contributed by atoms with Crippen molar-refractivity contribution in [3.8, 4) is 67.3 Å². The molecule has 0 bridgehead atoms. The molecule has 0 amide bonds. The zero-order chi connectivity index (χ0) is 37.5. The molecule has 1 aliphatic carbocycles. The Hall–Kier alpha value is -7.23. The molecule has 0 N–H and O–H groups in total. The van der Waals surface area contributed by atoms with Crippen LogP contribution in [-0.4, -0.2) is 15.0 Å². The quantitative estimate of drug-likeness (QED) is 0.165. The van der Waals surface area contributed by atoms with Gasteiger partial charge in [0.25, 0.3) is 0 Å². The normalized spacial score (nSPS) is 14.2. The third kappa shape index (κ3) is 5.64. The van der Waals surface area contributed by atoms with Crippen molar-refractivity contribution in [1.29, 1.82) is 0 Å². The standard InChI is InChI=1S/C53H37N3/c1-36-30-31-54-35-47(36)38-26-24-37(25-27-38)41-28-29-46-45-22-11-12-23-48(45)53(49(46)33-41,43-19-9-4-10-20-43)44-21-13-18-42(32-44)51-34-50(39-14-5-2-6-15-39)55-52(56-51)40-16-7-3-8-17-40/h2-35H,1H3. The van der Waals surface area contributed by atoms with Gasteiger partial charge in [-0.05, 0) is 86.8 Å². The molecule has 264 valence electrons. The molecular formula is C53H37N3. The molecule has 9 aromatic rings. The fourth-order valence-electron chi connectivity index (χ4n) is 8.52. The molecule has 2 aromatic heterocycles. The lowest BCUT2D eigenvalue weighted by Crippen LogP contribution is -2.28. The van der Waals surface area contributed by atoms with Gasteiger partial charge in [-0.3, -0.25) is 4.98 Å². The lowest BCUT2D eigenvalue weighted by Gasteiger charge is -2.34. The second kappa shape index (κ2) is 13.9. The first-order valence-corrected chi connectivity index (χ1v) is 19.1. The number of nitrogens with zero attached hydrogens (tertiary/aromatic N) is 3. The van der Waals surface area contributed by atoms with Gasteiger partial charge in [-0.1, -0.05) is 170 Å². The summed E-state index contributed by atoms with van der Waals surface area (Å²) in [5.41, 5.74) is 17.6. The lowest BCUT2D eigenvalue weighted by atomic mass is 9.67. The maximum absolute atomic E-state index is 5.22. The predicted octanol–water partition coefficient (Wildman–Crippen LogP) is 12.9. The number of fused-ring (bicyclic) bond motifs is 3. The largest absolute Gasteiger partial charge is 0.264 e. The molecule has 7 aromatic carbocycles. The van der Waals surface area contributed by atoms with E-state index in [2.05, 4.69) is 182 Å². The van der Waals surface area contributed by atoms with E-state index in [1.54, 1.807) is 0 Å². The summed E-state index contributed by atoms with van der Waals surface area (Å²) in [4.78, 5) is 14.7. The maximum Gasteiger partial charge on any atom is 0.160 e. The van der Waals surface area contributed by atoms with Gasteiger partial charge in [0.05, 0.1) is 16.8 Å². The molecule has 0 fully saturated rings. The van der Waals surface area contributed by atoms with E-state index >= 15 is 0 Å². The highest BCUT2D eigenvalue weighted by Gasteiger charge is 2.46. The summed E-state index contributed by atoms with van der Waals surface area (Å²) >= 11 is 0. The van der Waals surface area contributed by atoms with E-state index < -0.39 is 5.41 Å². The third-order valence-corrected chi connectivity index (χ3v) is 11.2. The van der Waals surface area contributed by atoms with Crippen LogP contribution in [-0.2, 0) is 5.41 Å². The molecule has 3 nitrogen and oxygen atoms in total. The Balaban J connectivity index is 1.17. The summed E-state index contributed by atoms with van der Waals surface area (Å²) in [6.45, 7) is 2.14. The summed E-state index contributed by atoms with van der Waals surface area (Å²) in [5, 5.41) is 0. The summed E-state index contributed by atoms with van der Waals surface area (Å²) in [5.74, 6) is 0.705. The van der Waals surface area contributed by atoms with E-state index in [1.165, 1.54) is 55.6 Å². The van der Waals surface area contributed by atoms with E-state index in [9.17, 15) is 0 Å². The highest BCUT2D eigenvalue weighted by Crippen LogP contribution is 2.57. The Bertz CT molecular complexity index is 2790. The number of aryl methyl sites for hydroxylation is 1. The Labute approximate surface area is 327 Å². The van der Waals surface area contributed by atoms with Crippen molar-refractivity contribution >= 4 is 0 Å². The van der Waals surface area contributed by atoms with Crippen molar-refractivity contribution < 1.29 is 0 Å². The van der Waals surface area contributed by atoms with Crippen LogP contribution in [0.15, 0.2) is 207 Å². The van der Waals surface area contributed by atoms with E-state index in [4.69, 9.17) is 9.97 Å². The number of aromatic nitrogens is 3. The maximum atomic E-state index is 5.22. The summed E-state index contributed by atoms with van der Waals surface area (Å²) in [6, 6.07) is 69.6. The minimum absolute atomic E-state index is 0.580. The highest BCUT2D eigenvalue weighted by molar-refractivity contribution is 5.89. The predicted molar refractivity (Wildman–Crippen MR) is 229 cm³/mol. The Kier molecular flexibility index (Phi) is 8.26. The van der Waals surface area contributed by atoms with Crippen molar-refractivity contribution in [3.63, 3.8) is 0 Å². The topological polar surface area (TPSA) is 38.7 Å². The molecule has 0 saturated heterocycles. The van der Waals surface area contributed by atoms with Crippen molar-refractivity contribution in [2.24, 2.45) is 0 Å². The highest BCUT2D eigenvalue weighted by atomic mass is 14.9. The number of rotatable bonds is 7. The number of hydrogen-bond acceptors (Lipinski definition) is 3. The molecule has 3 heteroatoms. The lowest BCUT2D eigenvalue weighted by molar-refractivity contribution is 0.769. The molecule has 1 aliphatic rings. The van der Waals surface area contributed by atoms with Gasteiger partial charge in [-0.2, -0.15) is 0 Å². The third-order valence-electron chi connectivity index (χ3n) is 11.2. The smallest absolute Gasteiger partial charge is 0.160 e. The van der Waals surface area contributed by atoms with Gasteiger partial charge < -0.3 is 0 Å². The minimum atomic E-state index is -0.580. The summed E-state index contributed by atoms with van der Waals surface area (Å²) < 4.78 is 0. The Morgan fingerprint density at radius 1 is 0.375 bits per heavy atom. The number of hydrogen-bond donors (Lipinski definition) is 0. The zero-order valence-corrected chi connectivity index (χ0v) is 31.0. The Morgan fingerprint density at radius 2 is 0.964 bits per heavy atom. The molecule has 2 heterocycles. The molecule has 56 heavy (non-hydrogen) atoms. The molecule has 0 spiro atoms. The first-order valence-electron chi connectivity index (χ1n) is 19.1. The second-order valence-corrected chi connectivity index (χ2v) is 14.5. The van der Waals surface area contributed by atoms with Crippen molar-refractivity contribution in [3.05, 3.63) is 234 Å². The number of pyridine rings is 1. The first-order chi connectivity index (χ1) is 27.7. The SMILES string of the molecule is Cc1ccncc1-c1ccc(-c2ccc3c(c2)C(c2ccccc2)(c2cccc(-c4cc(-c5ccccc5)nc(-c5ccccc5)n4)c2)c2ccccc2-3)cc1. The van der Waals surface area contributed by atoms with Crippen LogP contribution in [0.2, 0.25) is 0 Å².